The van der Waals surface area contributed by atoms with E-state index in [1.165, 1.54) is 23.3 Å². The van der Waals surface area contributed by atoms with Crippen molar-refractivity contribution in [2.75, 3.05) is 0 Å². The Morgan fingerprint density at radius 3 is 2.50 bits per heavy atom. The molecule has 0 N–H and O–H groups in total. The van der Waals surface area contributed by atoms with Crippen LogP contribution in [0.5, 0.6) is 0 Å². The summed E-state index contributed by atoms with van der Waals surface area (Å²) in [6.45, 7) is 4.33. The standard InChI is InChI=1S/C7H10S3/c1-3-4-6-5(2)7(8)10-9-6/h3-4H2,1-2H3. The van der Waals surface area contributed by atoms with E-state index in [1.54, 1.807) is 10.3 Å². The summed E-state index contributed by atoms with van der Waals surface area (Å²) in [6.07, 6.45) is 2.42. The summed E-state index contributed by atoms with van der Waals surface area (Å²) >= 11 is 5.12. The van der Waals surface area contributed by atoms with Crippen LogP contribution in [0, 0.1) is 10.7 Å². The van der Waals surface area contributed by atoms with Gasteiger partial charge in [0.2, 0.25) is 0 Å². The molecule has 0 amide bonds. The minimum Gasteiger partial charge on any atom is -0.0834 e. The lowest BCUT2D eigenvalue weighted by Gasteiger charge is -1.91. The van der Waals surface area contributed by atoms with Gasteiger partial charge in [-0.2, -0.15) is 0 Å². The van der Waals surface area contributed by atoms with Crippen molar-refractivity contribution in [3.63, 3.8) is 0 Å². The lowest BCUT2D eigenvalue weighted by Crippen LogP contribution is -1.79. The van der Waals surface area contributed by atoms with Crippen molar-refractivity contribution >= 4 is 32.9 Å². The van der Waals surface area contributed by atoms with E-state index in [2.05, 4.69) is 13.8 Å². The Hall–Kier alpha value is 0.270. The van der Waals surface area contributed by atoms with Crippen LogP contribution in [0.25, 0.3) is 0 Å². The van der Waals surface area contributed by atoms with Gasteiger partial charge >= 0.3 is 0 Å². The maximum absolute atomic E-state index is 5.12. The molecule has 0 unspecified atom stereocenters. The molecule has 0 atom stereocenters. The maximum atomic E-state index is 5.12. The summed E-state index contributed by atoms with van der Waals surface area (Å²) in [5.41, 5.74) is 1.34. The molecule has 1 aromatic heterocycles. The summed E-state index contributed by atoms with van der Waals surface area (Å²) in [5.74, 6) is 0. The molecule has 0 radical (unpaired) electrons. The molecule has 0 aliphatic heterocycles. The molecule has 0 fully saturated rings. The van der Waals surface area contributed by atoms with Gasteiger partial charge in [0.15, 0.2) is 0 Å². The highest BCUT2D eigenvalue weighted by atomic mass is 32.9. The average Bonchev–Trinajstić information content (AvgIpc) is 2.20. The van der Waals surface area contributed by atoms with Gasteiger partial charge in [-0.25, -0.2) is 0 Å². The molecular weight excluding hydrogens is 180 g/mol. The average molecular weight is 190 g/mol. The molecule has 0 bridgehead atoms. The second kappa shape index (κ2) is 3.60. The monoisotopic (exact) mass is 190 g/mol. The van der Waals surface area contributed by atoms with Gasteiger partial charge in [-0.3, -0.25) is 0 Å². The van der Waals surface area contributed by atoms with Crippen molar-refractivity contribution in [2.24, 2.45) is 0 Å². The third-order valence-electron chi connectivity index (χ3n) is 1.42. The molecule has 3 heteroatoms. The Morgan fingerprint density at radius 2 is 2.10 bits per heavy atom. The smallest absolute Gasteiger partial charge is 0.0834 e. The van der Waals surface area contributed by atoms with E-state index in [0.717, 1.165) is 3.82 Å². The van der Waals surface area contributed by atoms with Crippen molar-refractivity contribution < 1.29 is 0 Å². The maximum Gasteiger partial charge on any atom is 0.105 e. The van der Waals surface area contributed by atoms with Crippen LogP contribution < -0.4 is 0 Å². The summed E-state index contributed by atoms with van der Waals surface area (Å²) in [6, 6.07) is 0. The summed E-state index contributed by atoms with van der Waals surface area (Å²) in [5, 5.41) is 0. The van der Waals surface area contributed by atoms with Gasteiger partial charge in [0, 0.05) is 4.88 Å². The van der Waals surface area contributed by atoms with Crippen LogP contribution in [0.4, 0.5) is 0 Å². The Labute approximate surface area is 73.9 Å². The molecule has 0 saturated heterocycles. The number of rotatable bonds is 2. The van der Waals surface area contributed by atoms with Crippen molar-refractivity contribution in [3.8, 4) is 0 Å². The van der Waals surface area contributed by atoms with Gasteiger partial charge in [-0.15, -0.1) is 0 Å². The SMILES string of the molecule is CCCc1ssc(=S)c1C. The highest BCUT2D eigenvalue weighted by Crippen LogP contribution is 2.24. The number of hydrogen-bond donors (Lipinski definition) is 0. The lowest BCUT2D eigenvalue weighted by molar-refractivity contribution is 0.932. The predicted octanol–water partition coefficient (Wildman–Crippen LogP) is 3.80. The van der Waals surface area contributed by atoms with Crippen LogP contribution in [-0.2, 0) is 6.42 Å². The Kier molecular flexibility index (Phi) is 3.01. The number of aryl methyl sites for hydroxylation is 1. The zero-order valence-electron chi connectivity index (χ0n) is 6.14. The van der Waals surface area contributed by atoms with Gasteiger partial charge in [0.25, 0.3) is 0 Å². The van der Waals surface area contributed by atoms with E-state index >= 15 is 0 Å². The summed E-state index contributed by atoms with van der Waals surface area (Å²) in [4.78, 5) is 1.48. The van der Waals surface area contributed by atoms with Gasteiger partial charge in [0.1, 0.15) is 3.82 Å². The molecule has 10 heavy (non-hydrogen) atoms. The van der Waals surface area contributed by atoms with Gasteiger partial charge in [-0.05, 0) is 18.9 Å². The largest absolute Gasteiger partial charge is 0.105 e. The summed E-state index contributed by atoms with van der Waals surface area (Å²) in [7, 11) is 3.57. The summed E-state index contributed by atoms with van der Waals surface area (Å²) < 4.78 is 1.08. The molecular formula is C7H10S3. The molecule has 1 aromatic rings. The molecule has 1 rings (SSSR count). The highest BCUT2D eigenvalue weighted by Gasteiger charge is 2.00. The van der Waals surface area contributed by atoms with E-state index in [0.29, 0.717) is 0 Å². The van der Waals surface area contributed by atoms with E-state index in [9.17, 15) is 0 Å². The second-order valence-electron chi connectivity index (χ2n) is 2.25. The molecule has 0 aliphatic rings. The van der Waals surface area contributed by atoms with Crippen LogP contribution >= 0.6 is 32.9 Å². The molecule has 0 spiro atoms. The minimum absolute atomic E-state index is 1.08. The van der Waals surface area contributed by atoms with Gasteiger partial charge in [-0.1, -0.05) is 46.2 Å². The second-order valence-corrected chi connectivity index (χ2v) is 5.15. The van der Waals surface area contributed by atoms with Crippen molar-refractivity contribution in [1.29, 1.82) is 0 Å². The van der Waals surface area contributed by atoms with Crippen LogP contribution in [-0.4, -0.2) is 0 Å². The molecule has 0 aliphatic carbocycles. The fourth-order valence-corrected chi connectivity index (χ4v) is 3.81. The fraction of sp³-hybridized carbons (Fsp3) is 0.571. The normalized spacial score (nSPS) is 10.2. The van der Waals surface area contributed by atoms with Crippen molar-refractivity contribution in [1.82, 2.24) is 0 Å². The van der Waals surface area contributed by atoms with E-state index in [-0.39, 0.29) is 0 Å². The zero-order valence-corrected chi connectivity index (χ0v) is 8.59. The third-order valence-corrected chi connectivity index (χ3v) is 4.90. The van der Waals surface area contributed by atoms with Crippen LogP contribution in [0.2, 0.25) is 0 Å². The first-order chi connectivity index (χ1) is 4.75. The highest BCUT2D eigenvalue weighted by molar-refractivity contribution is 7.79. The predicted molar refractivity (Wildman–Crippen MR) is 51.8 cm³/mol. The topological polar surface area (TPSA) is 0 Å². The molecule has 0 aromatic carbocycles. The molecule has 56 valence electrons. The minimum atomic E-state index is 1.08. The quantitative estimate of drug-likeness (QED) is 0.505. The Bertz CT molecular complexity index is 256. The van der Waals surface area contributed by atoms with E-state index in [4.69, 9.17) is 12.2 Å². The zero-order chi connectivity index (χ0) is 7.56. The van der Waals surface area contributed by atoms with Crippen LogP contribution in [0.3, 0.4) is 0 Å². The molecule has 0 nitrogen and oxygen atoms in total. The van der Waals surface area contributed by atoms with Crippen LogP contribution in [0.15, 0.2) is 0 Å². The van der Waals surface area contributed by atoms with Gasteiger partial charge < -0.3 is 0 Å². The Morgan fingerprint density at radius 1 is 1.40 bits per heavy atom. The first-order valence-corrected chi connectivity index (χ1v) is 5.90. The van der Waals surface area contributed by atoms with Gasteiger partial charge in [0.05, 0.1) is 0 Å². The number of hydrogen-bond acceptors (Lipinski definition) is 3. The van der Waals surface area contributed by atoms with Crippen LogP contribution in [0.1, 0.15) is 23.8 Å². The first kappa shape index (κ1) is 8.37. The fourth-order valence-electron chi connectivity index (χ4n) is 0.783. The van der Waals surface area contributed by atoms with Crippen molar-refractivity contribution in [2.45, 2.75) is 26.7 Å². The molecule has 0 saturated carbocycles. The third kappa shape index (κ3) is 1.65. The van der Waals surface area contributed by atoms with Crippen molar-refractivity contribution in [3.05, 3.63) is 14.3 Å². The molecule has 1 heterocycles. The lowest BCUT2D eigenvalue weighted by atomic mass is 10.2. The Balaban J connectivity index is 2.94. The van der Waals surface area contributed by atoms with E-state index < -0.39 is 0 Å². The first-order valence-electron chi connectivity index (χ1n) is 3.34. The van der Waals surface area contributed by atoms with E-state index in [1.807, 2.05) is 10.3 Å².